The van der Waals surface area contributed by atoms with Gasteiger partial charge in [-0.1, -0.05) is 18.2 Å². The van der Waals surface area contributed by atoms with E-state index in [4.69, 9.17) is 19.3 Å². The minimum Gasteiger partial charge on any atom is -0.494 e. The molecule has 0 saturated carbocycles. The number of amides is 2. The van der Waals surface area contributed by atoms with E-state index < -0.39 is 17.5 Å². The van der Waals surface area contributed by atoms with Crippen molar-refractivity contribution in [2.24, 2.45) is 0 Å². The number of aliphatic hydroxyl groups is 1. The quantitative estimate of drug-likeness (QED) is 0.109. The first kappa shape index (κ1) is 33.3. The van der Waals surface area contributed by atoms with Gasteiger partial charge in [0.1, 0.15) is 17.9 Å². The Morgan fingerprint density at radius 3 is 2.24 bits per heavy atom. The van der Waals surface area contributed by atoms with Crippen LogP contribution in [0.2, 0.25) is 0 Å². The topological polar surface area (TPSA) is 164 Å². The first-order chi connectivity index (χ1) is 21.4. The number of ketones is 1. The van der Waals surface area contributed by atoms with E-state index in [-0.39, 0.29) is 85.0 Å². The molecule has 2 heterocycles. The van der Waals surface area contributed by atoms with Gasteiger partial charge in [-0.2, -0.15) is 5.10 Å². The van der Waals surface area contributed by atoms with E-state index in [1.807, 2.05) is 0 Å². The predicted octanol–water partition coefficient (Wildman–Crippen LogP) is 2.25. The van der Waals surface area contributed by atoms with Gasteiger partial charge in [-0.15, -0.1) is 12.4 Å². The van der Waals surface area contributed by atoms with Gasteiger partial charge in [0.05, 0.1) is 50.7 Å². The number of hydrogen-bond donors (Lipinski definition) is 5. The minimum atomic E-state index is -0.876. The van der Waals surface area contributed by atoms with Gasteiger partial charge >= 0.3 is 0 Å². The lowest BCUT2D eigenvalue weighted by Crippen LogP contribution is -2.51. The van der Waals surface area contributed by atoms with E-state index in [9.17, 15) is 14.4 Å². The SMILES string of the molecule is COc1ccc(OCCOCCO)c(C(=O)c2ccc(C(=O)N[C@@H]3CNC[C@H]3NC(=O)c3ccc4cn[nH]c4c3)cc2)c1F.Cl. The second kappa shape index (κ2) is 15.4. The van der Waals surface area contributed by atoms with Crippen molar-refractivity contribution in [3.63, 3.8) is 0 Å². The molecule has 1 aromatic heterocycles. The van der Waals surface area contributed by atoms with Crippen LogP contribution >= 0.6 is 12.4 Å². The van der Waals surface area contributed by atoms with Gasteiger partial charge in [0, 0.05) is 35.2 Å². The number of hydrogen-bond acceptors (Lipinski definition) is 9. The van der Waals surface area contributed by atoms with Crippen molar-refractivity contribution in [3.8, 4) is 11.5 Å². The Morgan fingerprint density at radius 1 is 0.911 bits per heavy atom. The van der Waals surface area contributed by atoms with Gasteiger partial charge < -0.3 is 35.3 Å². The maximum atomic E-state index is 15.2. The van der Waals surface area contributed by atoms with E-state index in [1.165, 1.54) is 43.5 Å². The number of ether oxygens (including phenoxy) is 3. The second-order valence-electron chi connectivity index (χ2n) is 10.0. The molecule has 2 atom stereocenters. The summed E-state index contributed by atoms with van der Waals surface area (Å²) in [6.07, 6.45) is 1.68. The summed E-state index contributed by atoms with van der Waals surface area (Å²) in [5, 5.41) is 25.6. The van der Waals surface area contributed by atoms with Crippen LogP contribution in [0.5, 0.6) is 11.5 Å². The van der Waals surface area contributed by atoms with E-state index in [0.717, 1.165) is 10.9 Å². The zero-order valence-electron chi connectivity index (χ0n) is 24.3. The first-order valence-corrected chi connectivity index (χ1v) is 14.0. The zero-order valence-corrected chi connectivity index (χ0v) is 25.1. The summed E-state index contributed by atoms with van der Waals surface area (Å²) >= 11 is 0. The Morgan fingerprint density at radius 2 is 1.56 bits per heavy atom. The van der Waals surface area contributed by atoms with E-state index in [0.29, 0.717) is 18.7 Å². The van der Waals surface area contributed by atoms with Crippen LogP contribution in [0.4, 0.5) is 4.39 Å². The number of halogens is 2. The average molecular weight is 642 g/mol. The minimum absolute atomic E-state index is 0. The molecule has 0 bridgehead atoms. The number of aliphatic hydroxyl groups excluding tert-OH is 1. The molecular weight excluding hydrogens is 609 g/mol. The molecule has 1 fully saturated rings. The fraction of sp³-hybridized carbons (Fsp3) is 0.290. The summed E-state index contributed by atoms with van der Waals surface area (Å²) in [7, 11) is 1.29. The summed E-state index contributed by atoms with van der Waals surface area (Å²) in [5.41, 5.74) is 1.32. The highest BCUT2D eigenvalue weighted by molar-refractivity contribution is 6.11. The third-order valence-electron chi connectivity index (χ3n) is 7.20. The molecular formula is C31H33ClFN5O7. The van der Waals surface area contributed by atoms with Gasteiger partial charge in [-0.25, -0.2) is 4.39 Å². The average Bonchev–Trinajstić information content (AvgIpc) is 3.69. The number of fused-ring (bicyclic) bond motifs is 1. The number of methoxy groups -OCH3 is 1. The monoisotopic (exact) mass is 641 g/mol. The van der Waals surface area contributed by atoms with Gasteiger partial charge in [0.15, 0.2) is 17.3 Å². The van der Waals surface area contributed by atoms with Crippen LogP contribution in [0.1, 0.15) is 36.6 Å². The first-order valence-electron chi connectivity index (χ1n) is 14.0. The third-order valence-corrected chi connectivity index (χ3v) is 7.20. The van der Waals surface area contributed by atoms with Crippen LogP contribution in [0.15, 0.2) is 60.8 Å². The number of aromatic amines is 1. The molecule has 0 aliphatic carbocycles. The molecule has 0 unspecified atom stereocenters. The molecule has 1 aliphatic heterocycles. The Hall–Kier alpha value is -4.56. The lowest BCUT2D eigenvalue weighted by Gasteiger charge is -2.21. The normalized spacial score (nSPS) is 15.7. The fourth-order valence-electron chi connectivity index (χ4n) is 4.89. The zero-order chi connectivity index (χ0) is 31.1. The number of nitrogens with one attached hydrogen (secondary N) is 4. The van der Waals surface area contributed by atoms with Crippen LogP contribution in [0, 0.1) is 5.82 Å². The number of carbonyl (C=O) groups excluding carboxylic acids is 3. The van der Waals surface area contributed by atoms with Crippen molar-refractivity contribution in [2.75, 3.05) is 46.6 Å². The van der Waals surface area contributed by atoms with E-state index in [2.05, 4.69) is 26.1 Å². The molecule has 1 saturated heterocycles. The molecule has 1 aliphatic rings. The van der Waals surface area contributed by atoms with Gasteiger partial charge in [-0.3, -0.25) is 19.5 Å². The molecule has 14 heteroatoms. The molecule has 5 rings (SSSR count). The Kier molecular flexibility index (Phi) is 11.4. The van der Waals surface area contributed by atoms with Crippen molar-refractivity contribution in [2.45, 2.75) is 12.1 Å². The molecule has 4 aromatic rings. The fourth-order valence-corrected chi connectivity index (χ4v) is 4.89. The Balaban J connectivity index is 0.00000461. The van der Waals surface area contributed by atoms with E-state index >= 15 is 4.39 Å². The number of aromatic nitrogens is 2. The van der Waals surface area contributed by atoms with Crippen LogP contribution < -0.4 is 25.4 Å². The molecule has 12 nitrogen and oxygen atoms in total. The Bertz CT molecular complexity index is 1650. The second-order valence-corrected chi connectivity index (χ2v) is 10.0. The molecule has 238 valence electrons. The molecule has 0 radical (unpaired) electrons. The lowest BCUT2D eigenvalue weighted by atomic mass is 10.00. The summed E-state index contributed by atoms with van der Waals surface area (Å²) in [6, 6.07) is 13.1. The van der Waals surface area contributed by atoms with Crippen LogP contribution in [-0.2, 0) is 4.74 Å². The molecule has 0 spiro atoms. The molecule has 5 N–H and O–H groups in total. The van der Waals surface area contributed by atoms with Crippen molar-refractivity contribution < 1.29 is 38.1 Å². The van der Waals surface area contributed by atoms with Crippen molar-refractivity contribution >= 4 is 40.9 Å². The Labute approximate surface area is 264 Å². The van der Waals surface area contributed by atoms with Crippen LogP contribution in [0.25, 0.3) is 10.9 Å². The standard InChI is InChI=1S/C31H32FN5O7.ClH/c1-42-26-9-8-25(44-13-12-43-11-10-38)27(28(26)32)29(39)18-2-4-19(5-3-18)30(40)35-23-16-33-17-24(23)36-31(41)20-6-7-21-15-34-37-22(21)14-20;/h2-9,14-15,23-24,33,38H,10-13,16-17H2,1H3,(H,34,37)(H,35,40)(H,36,41);1H/t23-,24-;/m1./s1. The van der Waals surface area contributed by atoms with Crippen LogP contribution in [0.3, 0.4) is 0 Å². The third kappa shape index (κ3) is 7.75. The smallest absolute Gasteiger partial charge is 0.251 e. The highest BCUT2D eigenvalue weighted by Crippen LogP contribution is 2.31. The van der Waals surface area contributed by atoms with Gasteiger partial charge in [0.25, 0.3) is 11.8 Å². The maximum Gasteiger partial charge on any atom is 0.251 e. The van der Waals surface area contributed by atoms with Crippen molar-refractivity contribution in [1.29, 1.82) is 0 Å². The van der Waals surface area contributed by atoms with Gasteiger partial charge in [0.2, 0.25) is 0 Å². The highest BCUT2D eigenvalue weighted by Gasteiger charge is 2.30. The summed E-state index contributed by atoms with van der Waals surface area (Å²) < 4.78 is 31.0. The number of carbonyl (C=O) groups is 3. The number of benzene rings is 3. The largest absolute Gasteiger partial charge is 0.494 e. The maximum absolute atomic E-state index is 15.2. The van der Waals surface area contributed by atoms with E-state index in [1.54, 1.807) is 24.4 Å². The summed E-state index contributed by atoms with van der Waals surface area (Å²) in [5.74, 6) is -2.32. The molecule has 2 amide bonds. The number of nitrogens with zero attached hydrogens (tertiary/aromatic N) is 1. The van der Waals surface area contributed by atoms with Crippen molar-refractivity contribution in [3.05, 3.63) is 88.9 Å². The van der Waals surface area contributed by atoms with Gasteiger partial charge in [-0.05, 0) is 36.4 Å². The van der Waals surface area contributed by atoms with Crippen molar-refractivity contribution in [1.82, 2.24) is 26.1 Å². The number of H-pyrrole nitrogens is 1. The summed E-state index contributed by atoms with van der Waals surface area (Å²) in [6.45, 7) is 1.07. The summed E-state index contributed by atoms with van der Waals surface area (Å²) in [4.78, 5) is 39.4. The molecule has 3 aromatic carbocycles. The van der Waals surface area contributed by atoms with Crippen LogP contribution in [-0.4, -0.2) is 91.6 Å². The highest BCUT2D eigenvalue weighted by atomic mass is 35.5. The molecule has 45 heavy (non-hydrogen) atoms. The lowest BCUT2D eigenvalue weighted by molar-refractivity contribution is 0.0700. The number of rotatable bonds is 13. The predicted molar refractivity (Wildman–Crippen MR) is 165 cm³/mol.